The molecule has 4 nitrogen and oxygen atoms in total. The first-order valence-electron chi connectivity index (χ1n) is 5.65. The average Bonchev–Trinajstić information content (AvgIpc) is 2.24. The summed E-state index contributed by atoms with van der Waals surface area (Å²) < 4.78 is 3.59. The van der Waals surface area contributed by atoms with E-state index in [-0.39, 0.29) is 17.1 Å². The van der Waals surface area contributed by atoms with Crippen molar-refractivity contribution in [2.24, 2.45) is 0 Å². The van der Waals surface area contributed by atoms with Crippen LogP contribution in [0, 0.1) is 0 Å². The summed E-state index contributed by atoms with van der Waals surface area (Å²) in [6.45, 7) is 5.13. The number of nitrogens with one attached hydrogen (secondary N) is 1. The van der Waals surface area contributed by atoms with Crippen LogP contribution in [0.15, 0.2) is 11.3 Å². The maximum Gasteiger partial charge on any atom is 0.246 e. The molecular weight excluding hydrogens is 300 g/mol. The minimum atomic E-state index is -1.66. The van der Waals surface area contributed by atoms with E-state index in [4.69, 9.17) is 39.5 Å². The van der Waals surface area contributed by atoms with Crippen LogP contribution in [-0.2, 0) is 9.53 Å². The molecule has 0 aromatic heterocycles. The Kier molecular flexibility index (Phi) is 5.74. The Balaban J connectivity index is 3.12. The number of Topliss-reactive ketones (excluding diaryl/α,β-unsaturated/α-hetero) is 1. The highest BCUT2D eigenvalue weighted by molar-refractivity contribution is 6.68. The van der Waals surface area contributed by atoms with Crippen molar-refractivity contribution in [3.63, 3.8) is 0 Å². The Morgan fingerprint density at radius 2 is 1.78 bits per heavy atom. The number of aliphatic hydroxyl groups is 1. The van der Waals surface area contributed by atoms with Gasteiger partial charge in [0, 0.05) is 0 Å². The molecule has 7 heteroatoms. The van der Waals surface area contributed by atoms with E-state index in [2.05, 4.69) is 0 Å². The van der Waals surface area contributed by atoms with Gasteiger partial charge in [0.2, 0.25) is 3.79 Å². The van der Waals surface area contributed by atoms with Crippen molar-refractivity contribution in [1.29, 1.82) is 0 Å². The van der Waals surface area contributed by atoms with E-state index in [0.29, 0.717) is 26.3 Å². The van der Waals surface area contributed by atoms with Crippen molar-refractivity contribution in [2.45, 2.75) is 23.7 Å². The minimum absolute atomic E-state index is 0.0992. The zero-order chi connectivity index (χ0) is 13.9. The molecule has 0 bridgehead atoms. The number of aliphatic hydroxyl groups excluding tert-OH is 1. The molecule has 0 amide bonds. The van der Waals surface area contributed by atoms with Crippen LogP contribution in [0.2, 0.25) is 0 Å². The Hall–Kier alpha value is -0.000000000000000111. The number of hydrogen-bond donors (Lipinski definition) is 2. The molecule has 0 aliphatic carbocycles. The molecule has 1 aliphatic heterocycles. The largest absolute Gasteiger partial charge is 0.512 e. The molecule has 18 heavy (non-hydrogen) atoms. The summed E-state index contributed by atoms with van der Waals surface area (Å²) in [5, 5.41) is 9.69. The van der Waals surface area contributed by atoms with E-state index >= 15 is 0 Å². The Bertz CT molecular complexity index is 342. The highest BCUT2D eigenvalue weighted by atomic mass is 35.6. The SMILES string of the molecule is CC(=O)/C(=C(/C)O)[C@H]([NH+]1CCOCC1)C(Cl)(Cl)Cl. The third kappa shape index (κ3) is 4.00. The van der Waals surface area contributed by atoms with Gasteiger partial charge < -0.3 is 14.7 Å². The van der Waals surface area contributed by atoms with Crippen molar-refractivity contribution >= 4 is 40.6 Å². The topological polar surface area (TPSA) is 51.0 Å². The molecule has 1 heterocycles. The van der Waals surface area contributed by atoms with Crippen molar-refractivity contribution in [3.05, 3.63) is 11.3 Å². The van der Waals surface area contributed by atoms with Gasteiger partial charge in [-0.25, -0.2) is 0 Å². The number of ketones is 1. The van der Waals surface area contributed by atoms with Gasteiger partial charge >= 0.3 is 0 Å². The van der Waals surface area contributed by atoms with Crippen LogP contribution < -0.4 is 4.90 Å². The smallest absolute Gasteiger partial charge is 0.246 e. The number of hydrogen-bond acceptors (Lipinski definition) is 3. The number of rotatable bonds is 3. The third-order valence-electron chi connectivity index (χ3n) is 2.93. The second kappa shape index (κ2) is 6.44. The van der Waals surface area contributed by atoms with Gasteiger partial charge in [-0.3, -0.25) is 4.79 Å². The normalized spacial score (nSPS) is 21.4. The van der Waals surface area contributed by atoms with Crippen LogP contribution in [0.25, 0.3) is 0 Å². The van der Waals surface area contributed by atoms with Gasteiger partial charge in [-0.05, 0) is 13.8 Å². The maximum atomic E-state index is 11.7. The maximum absolute atomic E-state index is 11.7. The number of halogens is 3. The van der Waals surface area contributed by atoms with Gasteiger partial charge in [-0.1, -0.05) is 34.8 Å². The Morgan fingerprint density at radius 1 is 1.28 bits per heavy atom. The summed E-state index contributed by atoms with van der Waals surface area (Å²) in [5.41, 5.74) is 0.173. The molecule has 2 N–H and O–H groups in total. The lowest BCUT2D eigenvalue weighted by Gasteiger charge is -2.35. The molecule has 1 fully saturated rings. The van der Waals surface area contributed by atoms with Crippen LogP contribution in [0.3, 0.4) is 0 Å². The number of carbonyl (C=O) groups excluding carboxylic acids is 1. The molecule has 1 atom stereocenters. The lowest BCUT2D eigenvalue weighted by Crippen LogP contribution is -3.19. The summed E-state index contributed by atoms with van der Waals surface area (Å²) >= 11 is 18.0. The van der Waals surface area contributed by atoms with Crippen LogP contribution >= 0.6 is 34.8 Å². The van der Waals surface area contributed by atoms with E-state index in [1.165, 1.54) is 13.8 Å². The zero-order valence-electron chi connectivity index (χ0n) is 10.3. The number of alkyl halides is 3. The molecular formula is C11H17Cl3NO3+. The summed E-state index contributed by atoms with van der Waals surface area (Å²) in [6, 6.07) is -0.686. The molecule has 1 rings (SSSR count). The van der Waals surface area contributed by atoms with Gasteiger partial charge in [0.25, 0.3) is 0 Å². The van der Waals surface area contributed by atoms with Crippen molar-refractivity contribution < 1.29 is 19.5 Å². The number of quaternary nitrogens is 1. The van der Waals surface area contributed by atoms with Gasteiger partial charge in [0.15, 0.2) is 11.8 Å². The first-order valence-corrected chi connectivity index (χ1v) is 6.78. The fraction of sp³-hybridized carbons (Fsp3) is 0.727. The molecule has 0 unspecified atom stereocenters. The molecule has 1 saturated heterocycles. The van der Waals surface area contributed by atoms with E-state index in [1.54, 1.807) is 0 Å². The minimum Gasteiger partial charge on any atom is -0.512 e. The second-order valence-corrected chi connectivity index (χ2v) is 6.67. The standard InChI is InChI=1S/C11H16Cl3NO3/c1-7(16)9(8(2)17)10(11(12,13)14)15-3-5-18-6-4-15/h10,16H,3-6H2,1-2H3/p+1/b9-7+/t10-/m0/s1. The lowest BCUT2D eigenvalue weighted by molar-refractivity contribution is -0.926. The Labute approximate surface area is 121 Å². The van der Waals surface area contributed by atoms with E-state index in [1.807, 2.05) is 0 Å². The fourth-order valence-corrected chi connectivity index (χ4v) is 2.98. The highest BCUT2D eigenvalue weighted by Gasteiger charge is 2.46. The van der Waals surface area contributed by atoms with Gasteiger partial charge in [0.05, 0.1) is 18.8 Å². The van der Waals surface area contributed by atoms with Gasteiger partial charge in [-0.15, -0.1) is 0 Å². The number of ether oxygens (including phenoxy) is 1. The van der Waals surface area contributed by atoms with Gasteiger partial charge in [-0.2, -0.15) is 0 Å². The summed E-state index contributed by atoms with van der Waals surface area (Å²) in [6.07, 6.45) is 0. The zero-order valence-corrected chi connectivity index (χ0v) is 12.6. The molecule has 0 saturated carbocycles. The first kappa shape index (κ1) is 16.1. The highest BCUT2D eigenvalue weighted by Crippen LogP contribution is 2.33. The van der Waals surface area contributed by atoms with Crippen LogP contribution in [0.4, 0.5) is 0 Å². The van der Waals surface area contributed by atoms with E-state index in [9.17, 15) is 9.90 Å². The van der Waals surface area contributed by atoms with E-state index < -0.39 is 9.83 Å². The molecule has 0 aromatic carbocycles. The predicted molar refractivity (Wildman–Crippen MR) is 71.6 cm³/mol. The summed E-state index contributed by atoms with van der Waals surface area (Å²) in [5.74, 6) is -0.386. The molecule has 0 spiro atoms. The second-order valence-electron chi connectivity index (χ2n) is 4.30. The van der Waals surface area contributed by atoms with Crippen LogP contribution in [0.5, 0.6) is 0 Å². The predicted octanol–water partition coefficient (Wildman–Crippen LogP) is 1.06. The number of morpholine rings is 1. The van der Waals surface area contributed by atoms with Crippen LogP contribution in [0.1, 0.15) is 13.8 Å². The van der Waals surface area contributed by atoms with Crippen LogP contribution in [-0.4, -0.2) is 47.0 Å². The Morgan fingerprint density at radius 3 is 2.11 bits per heavy atom. The molecule has 104 valence electrons. The van der Waals surface area contributed by atoms with E-state index in [0.717, 1.165) is 4.90 Å². The molecule has 0 aromatic rings. The quantitative estimate of drug-likeness (QED) is 0.465. The number of carbonyl (C=O) groups is 1. The summed E-state index contributed by atoms with van der Waals surface area (Å²) in [4.78, 5) is 12.6. The van der Waals surface area contributed by atoms with Crippen molar-refractivity contribution in [1.82, 2.24) is 0 Å². The number of allylic oxidation sites excluding steroid dienone is 1. The van der Waals surface area contributed by atoms with Gasteiger partial charge in [0.1, 0.15) is 18.8 Å². The monoisotopic (exact) mass is 316 g/mol. The fourth-order valence-electron chi connectivity index (χ4n) is 2.19. The van der Waals surface area contributed by atoms with Crippen molar-refractivity contribution in [2.75, 3.05) is 26.3 Å². The molecule has 0 radical (unpaired) electrons. The summed E-state index contributed by atoms with van der Waals surface area (Å²) in [7, 11) is 0. The first-order chi connectivity index (χ1) is 8.25. The molecule has 1 aliphatic rings. The lowest BCUT2D eigenvalue weighted by atomic mass is 10.0. The average molecular weight is 318 g/mol. The third-order valence-corrected chi connectivity index (χ3v) is 3.58. The van der Waals surface area contributed by atoms with Crippen molar-refractivity contribution in [3.8, 4) is 0 Å².